The van der Waals surface area contributed by atoms with Gasteiger partial charge in [0, 0.05) is 26.3 Å². The minimum atomic E-state index is 0.446. The summed E-state index contributed by atoms with van der Waals surface area (Å²) >= 11 is 0. The van der Waals surface area contributed by atoms with Crippen LogP contribution >= 0.6 is 0 Å². The van der Waals surface area contributed by atoms with Gasteiger partial charge in [-0.05, 0) is 38.0 Å². The molecule has 0 aromatic carbocycles. The lowest BCUT2D eigenvalue weighted by Crippen LogP contribution is -2.33. The number of nitrogens with one attached hydrogen (secondary N) is 1. The van der Waals surface area contributed by atoms with Crippen molar-refractivity contribution in [2.75, 3.05) is 32.9 Å². The normalized spacial score (nSPS) is 26.8. The fraction of sp³-hybridized carbons (Fsp3) is 1.00. The van der Waals surface area contributed by atoms with Crippen LogP contribution in [0.4, 0.5) is 0 Å². The molecule has 1 saturated heterocycles. The van der Waals surface area contributed by atoms with Gasteiger partial charge in [-0.25, -0.2) is 0 Å². The van der Waals surface area contributed by atoms with Gasteiger partial charge in [-0.3, -0.25) is 0 Å². The fourth-order valence-electron chi connectivity index (χ4n) is 1.91. The second-order valence-electron chi connectivity index (χ2n) is 4.71. The number of rotatable bonds is 7. The molecule has 1 N–H and O–H groups in total. The molecule has 1 saturated carbocycles. The van der Waals surface area contributed by atoms with E-state index in [1.54, 1.807) is 0 Å². The second-order valence-corrected chi connectivity index (χ2v) is 4.71. The van der Waals surface area contributed by atoms with E-state index in [0.717, 1.165) is 38.8 Å². The van der Waals surface area contributed by atoms with Crippen molar-refractivity contribution >= 4 is 0 Å². The number of hydrogen-bond donors (Lipinski definition) is 1. The Morgan fingerprint density at radius 1 is 1.20 bits per heavy atom. The number of hydrogen-bond acceptors (Lipinski definition) is 3. The first-order chi connectivity index (χ1) is 7.45. The van der Waals surface area contributed by atoms with Crippen LogP contribution in [0.25, 0.3) is 0 Å². The maximum absolute atomic E-state index is 5.63. The molecule has 3 nitrogen and oxygen atoms in total. The van der Waals surface area contributed by atoms with E-state index in [1.807, 2.05) is 0 Å². The lowest BCUT2D eigenvalue weighted by atomic mass is 10.1. The molecule has 1 aliphatic heterocycles. The molecule has 88 valence electrons. The molecule has 15 heavy (non-hydrogen) atoms. The predicted octanol–water partition coefficient (Wildman–Crippen LogP) is 1.57. The monoisotopic (exact) mass is 213 g/mol. The first-order valence-corrected chi connectivity index (χ1v) is 6.35. The van der Waals surface area contributed by atoms with E-state index in [9.17, 15) is 0 Å². The van der Waals surface area contributed by atoms with Gasteiger partial charge in [0.2, 0.25) is 0 Å². The average Bonchev–Trinajstić information content (AvgIpc) is 3.09. The van der Waals surface area contributed by atoms with Gasteiger partial charge in [0.05, 0.1) is 12.7 Å². The summed E-state index contributed by atoms with van der Waals surface area (Å²) in [6.45, 7) is 4.73. The molecule has 0 aromatic heterocycles. The predicted molar refractivity (Wildman–Crippen MR) is 60.0 cm³/mol. The summed E-state index contributed by atoms with van der Waals surface area (Å²) in [6, 6.07) is 0. The quantitative estimate of drug-likeness (QED) is 0.651. The lowest BCUT2D eigenvalue weighted by Gasteiger charge is -2.22. The molecule has 2 rings (SSSR count). The van der Waals surface area contributed by atoms with Gasteiger partial charge >= 0.3 is 0 Å². The van der Waals surface area contributed by atoms with Gasteiger partial charge in [-0.15, -0.1) is 0 Å². The van der Waals surface area contributed by atoms with Gasteiger partial charge in [-0.1, -0.05) is 0 Å². The van der Waals surface area contributed by atoms with Crippen molar-refractivity contribution in [2.24, 2.45) is 5.92 Å². The van der Waals surface area contributed by atoms with Crippen LogP contribution in [0.1, 0.15) is 32.1 Å². The van der Waals surface area contributed by atoms with Crippen LogP contribution in [-0.4, -0.2) is 39.0 Å². The topological polar surface area (TPSA) is 30.5 Å². The maximum atomic E-state index is 5.63. The van der Waals surface area contributed by atoms with E-state index in [2.05, 4.69) is 5.32 Å². The van der Waals surface area contributed by atoms with Crippen molar-refractivity contribution in [1.29, 1.82) is 0 Å². The summed E-state index contributed by atoms with van der Waals surface area (Å²) in [5, 5.41) is 3.40. The van der Waals surface area contributed by atoms with Crippen LogP contribution in [-0.2, 0) is 9.47 Å². The maximum Gasteiger partial charge on any atom is 0.0699 e. The Bertz CT molecular complexity index is 165. The smallest absolute Gasteiger partial charge is 0.0699 e. The highest BCUT2D eigenvalue weighted by atomic mass is 16.5. The summed E-state index contributed by atoms with van der Waals surface area (Å²) in [5.41, 5.74) is 0. The van der Waals surface area contributed by atoms with Crippen molar-refractivity contribution in [3.63, 3.8) is 0 Å². The SMILES string of the molecule is C1CCC(CNCCOCC2CC2)OC1. The van der Waals surface area contributed by atoms with Crippen LogP contribution in [0.5, 0.6) is 0 Å². The molecule has 2 fully saturated rings. The Kier molecular flexibility index (Phi) is 4.90. The van der Waals surface area contributed by atoms with Gasteiger partial charge in [0.1, 0.15) is 0 Å². The van der Waals surface area contributed by atoms with Crippen LogP contribution in [0.3, 0.4) is 0 Å². The van der Waals surface area contributed by atoms with Crippen LogP contribution < -0.4 is 5.32 Å². The zero-order valence-electron chi connectivity index (χ0n) is 9.54. The van der Waals surface area contributed by atoms with Crippen molar-refractivity contribution in [2.45, 2.75) is 38.2 Å². The molecular weight excluding hydrogens is 190 g/mol. The molecule has 2 aliphatic rings. The van der Waals surface area contributed by atoms with Gasteiger partial charge < -0.3 is 14.8 Å². The number of ether oxygens (including phenoxy) is 2. The fourth-order valence-corrected chi connectivity index (χ4v) is 1.91. The summed E-state index contributed by atoms with van der Waals surface area (Å²) < 4.78 is 11.2. The minimum Gasteiger partial charge on any atom is -0.380 e. The summed E-state index contributed by atoms with van der Waals surface area (Å²) in [5.74, 6) is 0.881. The molecule has 0 radical (unpaired) electrons. The third-order valence-electron chi connectivity index (χ3n) is 3.12. The van der Waals surface area contributed by atoms with E-state index in [4.69, 9.17) is 9.47 Å². The van der Waals surface area contributed by atoms with Crippen LogP contribution in [0, 0.1) is 5.92 Å². The van der Waals surface area contributed by atoms with E-state index < -0.39 is 0 Å². The Hall–Kier alpha value is -0.120. The van der Waals surface area contributed by atoms with E-state index in [1.165, 1.54) is 32.1 Å². The first kappa shape index (κ1) is 11.4. The van der Waals surface area contributed by atoms with Gasteiger partial charge in [-0.2, -0.15) is 0 Å². The summed E-state index contributed by atoms with van der Waals surface area (Å²) in [6.07, 6.45) is 6.98. The minimum absolute atomic E-state index is 0.446. The Labute approximate surface area is 92.5 Å². The Morgan fingerprint density at radius 2 is 2.13 bits per heavy atom. The molecule has 0 aromatic rings. The van der Waals surface area contributed by atoms with Crippen LogP contribution in [0.15, 0.2) is 0 Å². The van der Waals surface area contributed by atoms with Crippen LogP contribution in [0.2, 0.25) is 0 Å². The lowest BCUT2D eigenvalue weighted by molar-refractivity contribution is 0.0156. The zero-order chi connectivity index (χ0) is 10.3. The highest BCUT2D eigenvalue weighted by Gasteiger charge is 2.20. The molecule has 0 spiro atoms. The summed E-state index contributed by atoms with van der Waals surface area (Å²) in [4.78, 5) is 0. The van der Waals surface area contributed by atoms with E-state index in [0.29, 0.717) is 6.10 Å². The molecule has 1 heterocycles. The third kappa shape index (κ3) is 4.96. The zero-order valence-corrected chi connectivity index (χ0v) is 9.54. The second kappa shape index (κ2) is 6.46. The molecule has 1 unspecified atom stereocenters. The van der Waals surface area contributed by atoms with Crippen molar-refractivity contribution in [3.05, 3.63) is 0 Å². The Balaban J connectivity index is 1.37. The molecule has 0 bridgehead atoms. The van der Waals surface area contributed by atoms with Crippen molar-refractivity contribution in [1.82, 2.24) is 5.32 Å². The molecule has 0 amide bonds. The largest absolute Gasteiger partial charge is 0.380 e. The van der Waals surface area contributed by atoms with Gasteiger partial charge in [0.25, 0.3) is 0 Å². The van der Waals surface area contributed by atoms with E-state index in [-0.39, 0.29) is 0 Å². The standard InChI is InChI=1S/C12H23NO2/c1-2-7-15-12(3-1)9-13-6-8-14-10-11-4-5-11/h11-13H,1-10H2. The highest BCUT2D eigenvalue weighted by Crippen LogP contribution is 2.28. The first-order valence-electron chi connectivity index (χ1n) is 6.35. The van der Waals surface area contributed by atoms with Gasteiger partial charge in [0.15, 0.2) is 0 Å². The average molecular weight is 213 g/mol. The summed E-state index contributed by atoms with van der Waals surface area (Å²) in [7, 11) is 0. The highest BCUT2D eigenvalue weighted by molar-refractivity contribution is 4.72. The molecule has 1 atom stereocenters. The third-order valence-corrected chi connectivity index (χ3v) is 3.12. The van der Waals surface area contributed by atoms with E-state index >= 15 is 0 Å². The van der Waals surface area contributed by atoms with Crippen molar-refractivity contribution in [3.8, 4) is 0 Å². The molecule has 1 aliphatic carbocycles. The molecule has 3 heteroatoms. The molecular formula is C12H23NO2. The van der Waals surface area contributed by atoms with Crippen molar-refractivity contribution < 1.29 is 9.47 Å². The Morgan fingerprint density at radius 3 is 2.87 bits per heavy atom.